The molecule has 0 aliphatic heterocycles. The Kier molecular flexibility index (Phi) is 4.97. The molecule has 6 nitrogen and oxygen atoms in total. The SMILES string of the molecule is O=C1c2c(-c3ccccc3)nn(-c3ccccc3)c2C(=O)c2c1c(-c1ccccc1)nn2-c1ccccc1. The molecule has 6 heteroatoms. The van der Waals surface area contributed by atoms with Crippen molar-refractivity contribution in [1.29, 1.82) is 0 Å². The van der Waals surface area contributed by atoms with Gasteiger partial charge in [-0.05, 0) is 24.3 Å². The van der Waals surface area contributed by atoms with Crippen LogP contribution in [0.25, 0.3) is 33.9 Å². The molecule has 0 unspecified atom stereocenters. The van der Waals surface area contributed by atoms with E-state index in [4.69, 9.17) is 10.2 Å². The molecule has 180 valence electrons. The van der Waals surface area contributed by atoms with Gasteiger partial charge >= 0.3 is 0 Å². The van der Waals surface area contributed by atoms with Crippen molar-refractivity contribution < 1.29 is 9.59 Å². The summed E-state index contributed by atoms with van der Waals surface area (Å²) in [4.78, 5) is 28.9. The Bertz CT molecular complexity index is 1560. The first kappa shape index (κ1) is 21.9. The number of para-hydroxylation sites is 2. The molecule has 0 radical (unpaired) electrons. The zero-order valence-corrected chi connectivity index (χ0v) is 20.2. The Labute approximate surface area is 218 Å². The van der Waals surface area contributed by atoms with Crippen LogP contribution in [0.3, 0.4) is 0 Å². The second-order valence-corrected chi connectivity index (χ2v) is 9.03. The zero-order chi connectivity index (χ0) is 25.6. The Morgan fingerprint density at radius 3 is 1.13 bits per heavy atom. The van der Waals surface area contributed by atoms with E-state index in [1.54, 1.807) is 9.36 Å². The van der Waals surface area contributed by atoms with E-state index in [1.165, 1.54) is 0 Å². The second kappa shape index (κ2) is 8.64. The molecule has 0 spiro atoms. The Hall–Kier alpha value is -5.36. The van der Waals surface area contributed by atoms with Gasteiger partial charge in [-0.2, -0.15) is 10.2 Å². The fraction of sp³-hybridized carbons (Fsp3) is 0. The van der Waals surface area contributed by atoms with E-state index < -0.39 is 0 Å². The highest BCUT2D eigenvalue weighted by atomic mass is 16.1. The van der Waals surface area contributed by atoms with Gasteiger partial charge in [-0.15, -0.1) is 0 Å². The van der Waals surface area contributed by atoms with Crippen LogP contribution in [-0.4, -0.2) is 31.1 Å². The van der Waals surface area contributed by atoms with Crippen LogP contribution in [0.1, 0.15) is 32.1 Å². The van der Waals surface area contributed by atoms with E-state index in [0.717, 1.165) is 11.1 Å². The van der Waals surface area contributed by atoms with Crippen LogP contribution in [0.4, 0.5) is 0 Å². The standard InChI is InChI=1S/C32H20N4O2/c37-31-25-27(21-13-5-1-6-14-21)33-35(23-17-9-3-10-18-23)29(25)32(38)30-26(31)28(22-15-7-2-8-16-22)34-36(30)24-19-11-4-12-20-24/h1-20H. The van der Waals surface area contributed by atoms with Gasteiger partial charge < -0.3 is 0 Å². The third kappa shape index (κ3) is 3.28. The average Bonchev–Trinajstić information content (AvgIpc) is 3.59. The lowest BCUT2D eigenvalue weighted by Gasteiger charge is -2.16. The molecule has 6 aromatic rings. The van der Waals surface area contributed by atoms with Crippen molar-refractivity contribution in [2.75, 3.05) is 0 Å². The molecular weight excluding hydrogens is 472 g/mol. The summed E-state index contributed by atoms with van der Waals surface area (Å²) in [7, 11) is 0. The van der Waals surface area contributed by atoms with Crippen molar-refractivity contribution in [3.8, 4) is 33.9 Å². The molecule has 1 aliphatic carbocycles. The van der Waals surface area contributed by atoms with Crippen molar-refractivity contribution in [2.45, 2.75) is 0 Å². The van der Waals surface area contributed by atoms with Crippen molar-refractivity contribution in [3.63, 3.8) is 0 Å². The number of hydrogen-bond donors (Lipinski definition) is 0. The quantitative estimate of drug-likeness (QED) is 0.295. The third-order valence-electron chi connectivity index (χ3n) is 6.75. The average molecular weight is 493 g/mol. The molecule has 2 aromatic heterocycles. The number of ketones is 2. The number of rotatable bonds is 4. The maximum Gasteiger partial charge on any atom is 0.231 e. The molecule has 0 amide bonds. The number of aromatic nitrogens is 4. The van der Waals surface area contributed by atoms with Gasteiger partial charge in [0.15, 0.2) is 0 Å². The van der Waals surface area contributed by atoms with Crippen LogP contribution in [-0.2, 0) is 0 Å². The van der Waals surface area contributed by atoms with Crippen LogP contribution in [0, 0.1) is 0 Å². The van der Waals surface area contributed by atoms with Gasteiger partial charge in [0.1, 0.15) is 22.8 Å². The first-order valence-corrected chi connectivity index (χ1v) is 12.3. The molecule has 0 fully saturated rings. The highest BCUT2D eigenvalue weighted by Crippen LogP contribution is 2.40. The van der Waals surface area contributed by atoms with Gasteiger partial charge in [0, 0.05) is 11.1 Å². The van der Waals surface area contributed by atoms with Crippen LogP contribution in [0.2, 0.25) is 0 Å². The summed E-state index contributed by atoms with van der Waals surface area (Å²) >= 11 is 0. The summed E-state index contributed by atoms with van der Waals surface area (Å²) in [5.41, 5.74) is 4.94. The lowest BCUT2D eigenvalue weighted by molar-refractivity contribution is 0.0971. The largest absolute Gasteiger partial charge is 0.288 e. The lowest BCUT2D eigenvalue weighted by Crippen LogP contribution is -2.25. The first-order chi connectivity index (χ1) is 18.7. The normalized spacial score (nSPS) is 12.3. The number of nitrogens with zero attached hydrogens (tertiary/aromatic N) is 4. The minimum absolute atomic E-state index is 0.240. The Morgan fingerprint density at radius 1 is 0.421 bits per heavy atom. The molecule has 1 aliphatic rings. The number of carbonyl (C=O) groups is 2. The minimum atomic E-state index is -0.299. The van der Waals surface area contributed by atoms with Gasteiger partial charge in [0.25, 0.3) is 0 Å². The van der Waals surface area contributed by atoms with Gasteiger partial charge in [0.2, 0.25) is 11.6 Å². The van der Waals surface area contributed by atoms with E-state index in [9.17, 15) is 9.59 Å². The highest BCUT2D eigenvalue weighted by molar-refractivity contribution is 6.31. The summed E-state index contributed by atoms with van der Waals surface area (Å²) in [6.07, 6.45) is 0. The summed E-state index contributed by atoms with van der Waals surface area (Å²) in [5, 5.41) is 9.69. The van der Waals surface area contributed by atoms with E-state index in [1.807, 2.05) is 121 Å². The van der Waals surface area contributed by atoms with Crippen molar-refractivity contribution in [1.82, 2.24) is 19.6 Å². The van der Waals surface area contributed by atoms with Crippen LogP contribution in [0.5, 0.6) is 0 Å². The molecule has 0 atom stereocenters. The molecule has 0 saturated carbocycles. The van der Waals surface area contributed by atoms with Gasteiger partial charge in [-0.3, -0.25) is 9.59 Å². The van der Waals surface area contributed by atoms with Crippen molar-refractivity contribution >= 4 is 11.6 Å². The zero-order valence-electron chi connectivity index (χ0n) is 20.2. The topological polar surface area (TPSA) is 69.8 Å². The van der Waals surface area contributed by atoms with Crippen molar-refractivity contribution in [2.24, 2.45) is 0 Å². The molecule has 38 heavy (non-hydrogen) atoms. The van der Waals surface area contributed by atoms with Crippen LogP contribution in [0.15, 0.2) is 121 Å². The lowest BCUT2D eigenvalue weighted by atomic mass is 9.87. The van der Waals surface area contributed by atoms with Gasteiger partial charge in [-0.1, -0.05) is 97.1 Å². The Morgan fingerprint density at radius 2 is 0.763 bits per heavy atom. The molecule has 0 saturated heterocycles. The summed E-state index contributed by atoms with van der Waals surface area (Å²) in [6.45, 7) is 0. The maximum atomic E-state index is 14.5. The van der Waals surface area contributed by atoms with E-state index in [-0.39, 0.29) is 23.0 Å². The Balaban J connectivity index is 1.56. The van der Waals surface area contributed by atoms with Gasteiger partial charge in [0.05, 0.1) is 22.5 Å². The fourth-order valence-electron chi connectivity index (χ4n) is 5.03. The van der Waals surface area contributed by atoms with Gasteiger partial charge in [-0.25, -0.2) is 9.36 Å². The molecular formula is C32H20N4O2. The molecule has 7 rings (SSSR count). The number of hydrogen-bond acceptors (Lipinski definition) is 4. The predicted molar refractivity (Wildman–Crippen MR) is 145 cm³/mol. The monoisotopic (exact) mass is 492 g/mol. The highest BCUT2D eigenvalue weighted by Gasteiger charge is 2.42. The van der Waals surface area contributed by atoms with E-state index in [2.05, 4.69) is 0 Å². The van der Waals surface area contributed by atoms with Crippen molar-refractivity contribution in [3.05, 3.63) is 144 Å². The molecule has 0 N–H and O–H groups in total. The van der Waals surface area contributed by atoms with Crippen LogP contribution < -0.4 is 0 Å². The summed E-state index contributed by atoms with van der Waals surface area (Å²) < 4.78 is 3.18. The first-order valence-electron chi connectivity index (χ1n) is 12.3. The number of carbonyl (C=O) groups excluding carboxylic acids is 2. The summed E-state index contributed by atoms with van der Waals surface area (Å²) in [5.74, 6) is -0.566. The molecule has 0 bridgehead atoms. The number of fused-ring (bicyclic) bond motifs is 2. The van der Waals surface area contributed by atoms with E-state index in [0.29, 0.717) is 33.9 Å². The third-order valence-corrected chi connectivity index (χ3v) is 6.75. The maximum absolute atomic E-state index is 14.5. The smallest absolute Gasteiger partial charge is 0.231 e. The fourth-order valence-corrected chi connectivity index (χ4v) is 5.03. The van der Waals surface area contributed by atoms with E-state index >= 15 is 0 Å². The summed E-state index contributed by atoms with van der Waals surface area (Å²) in [6, 6.07) is 37.8. The second-order valence-electron chi connectivity index (χ2n) is 9.03. The molecule has 4 aromatic carbocycles. The minimum Gasteiger partial charge on any atom is -0.288 e. The number of benzene rings is 4. The van der Waals surface area contributed by atoms with Crippen LogP contribution >= 0.6 is 0 Å². The molecule has 2 heterocycles. The predicted octanol–water partition coefficient (Wildman–Crippen LogP) is 6.17.